The van der Waals surface area contributed by atoms with Gasteiger partial charge >= 0.3 is 5.97 Å². The van der Waals surface area contributed by atoms with Gasteiger partial charge in [0, 0.05) is 0 Å². The number of nitrogens with zero attached hydrogens (tertiary/aromatic N) is 2. The number of ether oxygens (including phenoxy) is 1. The van der Waals surface area contributed by atoms with Crippen molar-refractivity contribution in [3.8, 4) is 0 Å². The molecule has 4 aromatic carbocycles. The first-order valence-corrected chi connectivity index (χ1v) is 15.6. The van der Waals surface area contributed by atoms with Gasteiger partial charge in [0.1, 0.15) is 6.61 Å². The van der Waals surface area contributed by atoms with E-state index in [4.69, 9.17) is 4.74 Å². The number of benzene rings is 4. The monoisotopic (exact) mass is 604 g/mol. The van der Waals surface area contributed by atoms with Gasteiger partial charge in [-0.25, -0.2) is 21.6 Å². The summed E-state index contributed by atoms with van der Waals surface area (Å²) in [6.07, 6.45) is 0. The van der Waals surface area contributed by atoms with Gasteiger partial charge in [0.25, 0.3) is 31.9 Å². The molecule has 0 N–H and O–H groups in total. The van der Waals surface area contributed by atoms with E-state index in [-0.39, 0.29) is 30.2 Å². The summed E-state index contributed by atoms with van der Waals surface area (Å²) in [5.74, 6) is -2.35. The fraction of sp³-hybridized carbons (Fsp3) is 0.100. The molecule has 0 bridgehead atoms. The van der Waals surface area contributed by atoms with Crippen LogP contribution in [0.2, 0.25) is 0 Å². The molecule has 1 heterocycles. The summed E-state index contributed by atoms with van der Waals surface area (Å²) in [6, 6.07) is 26.2. The Morgan fingerprint density at radius 1 is 0.643 bits per heavy atom. The fourth-order valence-electron chi connectivity index (χ4n) is 4.50. The average Bonchev–Trinajstić information content (AvgIpc) is 3.27. The van der Waals surface area contributed by atoms with Crippen LogP contribution in [0.25, 0.3) is 0 Å². The van der Waals surface area contributed by atoms with Gasteiger partial charge in [-0.05, 0) is 48.5 Å². The molecule has 0 fully saturated rings. The van der Waals surface area contributed by atoms with Crippen LogP contribution < -0.4 is 0 Å². The summed E-state index contributed by atoms with van der Waals surface area (Å²) in [6.45, 7) is -1.59. The Hall–Kier alpha value is -4.65. The van der Waals surface area contributed by atoms with Crippen LogP contribution in [-0.2, 0) is 24.8 Å². The lowest BCUT2D eigenvalue weighted by Crippen LogP contribution is -2.52. The first kappa shape index (κ1) is 28.9. The highest BCUT2D eigenvalue weighted by atomic mass is 32.3. The SMILES string of the molecule is O=C(OCC(CN(S(=O)(=O)c1ccccc1)S(=O)(=O)c1ccccc1)N1C(=O)c2ccccc2C1=O)c1ccccc1. The minimum absolute atomic E-state index is 0.0604. The van der Waals surface area contributed by atoms with Gasteiger partial charge in [0.2, 0.25) is 0 Å². The zero-order valence-corrected chi connectivity index (χ0v) is 23.6. The minimum Gasteiger partial charge on any atom is -0.460 e. The summed E-state index contributed by atoms with van der Waals surface area (Å²) in [5.41, 5.74) is 0.291. The molecule has 12 heteroatoms. The lowest BCUT2D eigenvalue weighted by Gasteiger charge is -2.31. The Labute approximate surface area is 242 Å². The van der Waals surface area contributed by atoms with Crippen LogP contribution in [0.3, 0.4) is 0 Å². The first-order valence-electron chi connectivity index (χ1n) is 12.7. The highest BCUT2D eigenvalue weighted by Gasteiger charge is 2.45. The average molecular weight is 605 g/mol. The van der Waals surface area contributed by atoms with E-state index in [0.29, 0.717) is 0 Å². The van der Waals surface area contributed by atoms with Crippen LogP contribution in [0.15, 0.2) is 125 Å². The van der Waals surface area contributed by atoms with Gasteiger partial charge in [0.05, 0.1) is 39.1 Å². The van der Waals surface area contributed by atoms with Crippen LogP contribution in [0.1, 0.15) is 31.1 Å². The maximum absolute atomic E-state index is 13.9. The van der Waals surface area contributed by atoms with Crippen molar-refractivity contribution in [1.82, 2.24) is 8.61 Å². The van der Waals surface area contributed by atoms with Crippen molar-refractivity contribution in [1.29, 1.82) is 0 Å². The molecule has 1 atom stereocenters. The molecule has 214 valence electrons. The number of rotatable bonds is 10. The molecule has 0 spiro atoms. The van der Waals surface area contributed by atoms with Crippen molar-refractivity contribution in [3.05, 3.63) is 132 Å². The number of fused-ring (bicyclic) bond motifs is 1. The fourth-order valence-corrected chi connectivity index (χ4v) is 8.25. The number of sulfonamides is 2. The van der Waals surface area contributed by atoms with Crippen molar-refractivity contribution in [2.75, 3.05) is 13.2 Å². The van der Waals surface area contributed by atoms with E-state index < -0.39 is 57.0 Å². The molecule has 0 saturated carbocycles. The molecule has 2 amide bonds. The molecule has 10 nitrogen and oxygen atoms in total. The second-order valence-electron chi connectivity index (χ2n) is 9.24. The third-order valence-corrected chi connectivity index (χ3v) is 10.9. The van der Waals surface area contributed by atoms with Crippen LogP contribution in [-0.4, -0.2) is 62.4 Å². The third-order valence-electron chi connectivity index (χ3n) is 6.59. The van der Waals surface area contributed by atoms with Gasteiger partial charge in [-0.15, -0.1) is 0 Å². The van der Waals surface area contributed by atoms with Crippen LogP contribution in [0.4, 0.5) is 0 Å². The Kier molecular flexibility index (Phi) is 8.03. The lowest BCUT2D eigenvalue weighted by atomic mass is 10.1. The van der Waals surface area contributed by atoms with Crippen molar-refractivity contribution in [3.63, 3.8) is 0 Å². The number of esters is 1. The van der Waals surface area contributed by atoms with Gasteiger partial charge in [-0.3, -0.25) is 14.5 Å². The van der Waals surface area contributed by atoms with Crippen molar-refractivity contribution < 1.29 is 36.0 Å². The Bertz CT molecular complexity index is 1740. The van der Waals surface area contributed by atoms with Gasteiger partial charge in [-0.2, -0.15) is 0 Å². The molecule has 4 aromatic rings. The molecule has 5 rings (SSSR count). The van der Waals surface area contributed by atoms with E-state index in [2.05, 4.69) is 0 Å². The first-order chi connectivity index (χ1) is 20.1. The number of carbonyl (C=O) groups is 3. The van der Waals surface area contributed by atoms with E-state index in [1.165, 1.54) is 72.8 Å². The lowest BCUT2D eigenvalue weighted by molar-refractivity contribution is 0.0301. The van der Waals surface area contributed by atoms with E-state index in [9.17, 15) is 31.2 Å². The highest BCUT2D eigenvalue weighted by Crippen LogP contribution is 2.29. The van der Waals surface area contributed by atoms with E-state index in [1.54, 1.807) is 42.5 Å². The smallest absolute Gasteiger partial charge is 0.338 e. The normalized spacial score (nSPS) is 14.1. The van der Waals surface area contributed by atoms with Crippen LogP contribution in [0.5, 0.6) is 0 Å². The molecule has 0 aromatic heterocycles. The molecular formula is C30H24N2O8S2. The minimum atomic E-state index is -4.77. The van der Waals surface area contributed by atoms with Gasteiger partial charge in [-0.1, -0.05) is 70.4 Å². The molecule has 1 aliphatic heterocycles. The molecule has 0 radical (unpaired) electrons. The second-order valence-corrected chi connectivity index (χ2v) is 13.2. The van der Waals surface area contributed by atoms with Crippen LogP contribution >= 0.6 is 0 Å². The second kappa shape index (κ2) is 11.7. The molecule has 1 aliphatic rings. The summed E-state index contributed by atoms with van der Waals surface area (Å²) >= 11 is 0. The topological polar surface area (TPSA) is 135 Å². The quantitative estimate of drug-likeness (QED) is 0.198. The van der Waals surface area contributed by atoms with E-state index in [1.807, 2.05) is 0 Å². The predicted molar refractivity (Wildman–Crippen MR) is 151 cm³/mol. The number of amides is 2. The van der Waals surface area contributed by atoms with Crippen molar-refractivity contribution >= 4 is 37.8 Å². The zero-order valence-electron chi connectivity index (χ0n) is 21.9. The standard InChI is InChI=1S/C30H24N2O8S2/c33-28-26-18-10-11-19-27(26)29(34)32(28)23(21-40-30(35)22-12-4-1-5-13-22)20-31(41(36,37)24-14-6-2-7-15-24)42(38,39)25-16-8-3-9-17-25/h1-19,23H,20-21H2. The predicted octanol–water partition coefficient (Wildman–Crippen LogP) is 3.59. The molecule has 42 heavy (non-hydrogen) atoms. The largest absolute Gasteiger partial charge is 0.460 e. The molecular weight excluding hydrogens is 580 g/mol. The summed E-state index contributed by atoms with van der Waals surface area (Å²) in [4.78, 5) is 39.8. The van der Waals surface area contributed by atoms with E-state index in [0.717, 1.165) is 4.90 Å². The highest BCUT2D eigenvalue weighted by molar-refractivity contribution is 8.04. The Morgan fingerprint density at radius 2 is 1.05 bits per heavy atom. The molecule has 0 aliphatic carbocycles. The van der Waals surface area contributed by atoms with E-state index >= 15 is 0 Å². The molecule has 1 unspecified atom stereocenters. The number of hydrogen-bond acceptors (Lipinski definition) is 8. The summed E-state index contributed by atoms with van der Waals surface area (Å²) < 4.78 is 61.3. The number of hydrogen-bond donors (Lipinski definition) is 0. The zero-order chi connectivity index (χ0) is 29.9. The molecule has 0 saturated heterocycles. The Morgan fingerprint density at radius 3 is 1.50 bits per heavy atom. The summed E-state index contributed by atoms with van der Waals surface area (Å²) in [7, 11) is -9.54. The summed E-state index contributed by atoms with van der Waals surface area (Å²) in [5, 5.41) is 0. The van der Waals surface area contributed by atoms with Crippen molar-refractivity contribution in [2.45, 2.75) is 15.8 Å². The van der Waals surface area contributed by atoms with Crippen molar-refractivity contribution in [2.24, 2.45) is 0 Å². The van der Waals surface area contributed by atoms with Crippen LogP contribution in [0, 0.1) is 0 Å². The maximum Gasteiger partial charge on any atom is 0.338 e. The Balaban J connectivity index is 1.59. The van der Waals surface area contributed by atoms with Gasteiger partial charge < -0.3 is 4.74 Å². The number of imide groups is 1. The number of carbonyl (C=O) groups excluding carboxylic acids is 3. The third kappa shape index (κ3) is 5.47. The van der Waals surface area contributed by atoms with Gasteiger partial charge in [0.15, 0.2) is 0 Å². The maximum atomic E-state index is 13.9.